The zero-order valence-corrected chi connectivity index (χ0v) is 11.9. The van der Waals surface area contributed by atoms with Gasteiger partial charge in [-0.1, -0.05) is 0 Å². The summed E-state index contributed by atoms with van der Waals surface area (Å²) in [7, 11) is 0. The number of nitrogens with zero attached hydrogens (tertiary/aromatic N) is 3. The first-order valence-corrected chi connectivity index (χ1v) is 7.16. The highest BCUT2D eigenvalue weighted by Gasteiger charge is 2.19. The summed E-state index contributed by atoms with van der Waals surface area (Å²) in [6.45, 7) is 3.40. The fourth-order valence-corrected chi connectivity index (χ4v) is 2.82. The molecule has 4 nitrogen and oxygen atoms in total. The van der Waals surface area contributed by atoms with Crippen LogP contribution in [0.2, 0.25) is 0 Å². The molecule has 0 spiro atoms. The van der Waals surface area contributed by atoms with Crippen molar-refractivity contribution < 1.29 is 13.6 Å². The summed E-state index contributed by atoms with van der Waals surface area (Å²) in [5.74, 6) is -1.26. The topological polar surface area (TPSA) is 38.1 Å². The molecular formula is C15H17F2N3O. The molecule has 1 amide bonds. The second-order valence-corrected chi connectivity index (χ2v) is 5.44. The van der Waals surface area contributed by atoms with E-state index in [0.29, 0.717) is 16.9 Å². The van der Waals surface area contributed by atoms with E-state index in [1.807, 2.05) is 4.90 Å². The average Bonchev–Trinajstić information content (AvgIpc) is 2.76. The van der Waals surface area contributed by atoms with E-state index in [1.54, 1.807) is 11.5 Å². The lowest BCUT2D eigenvalue weighted by atomic mass is 10.1. The van der Waals surface area contributed by atoms with Crippen LogP contribution in [0.25, 0.3) is 11.0 Å². The first kappa shape index (κ1) is 14.0. The third-order valence-corrected chi connectivity index (χ3v) is 3.98. The SMILES string of the molecule is Cc1nc2cc(F)c(F)cc2n1CC(=O)N1CCCCC1. The molecule has 0 radical (unpaired) electrons. The Labute approximate surface area is 121 Å². The Morgan fingerprint density at radius 3 is 2.57 bits per heavy atom. The summed E-state index contributed by atoms with van der Waals surface area (Å²) in [5, 5.41) is 0. The highest BCUT2D eigenvalue weighted by atomic mass is 19.2. The summed E-state index contributed by atoms with van der Waals surface area (Å²) < 4.78 is 28.3. The van der Waals surface area contributed by atoms with Gasteiger partial charge in [0, 0.05) is 25.2 Å². The summed E-state index contributed by atoms with van der Waals surface area (Å²) in [4.78, 5) is 18.3. The monoisotopic (exact) mass is 293 g/mol. The van der Waals surface area contributed by atoms with Gasteiger partial charge in [-0.15, -0.1) is 0 Å². The van der Waals surface area contributed by atoms with Crippen LogP contribution in [0, 0.1) is 18.6 Å². The van der Waals surface area contributed by atoms with Crippen molar-refractivity contribution in [1.82, 2.24) is 14.5 Å². The number of carbonyl (C=O) groups excluding carboxylic acids is 1. The molecule has 0 atom stereocenters. The van der Waals surface area contributed by atoms with Crippen molar-refractivity contribution in [2.75, 3.05) is 13.1 Å². The Bertz CT molecular complexity index is 690. The van der Waals surface area contributed by atoms with Gasteiger partial charge < -0.3 is 9.47 Å². The van der Waals surface area contributed by atoms with E-state index in [4.69, 9.17) is 0 Å². The van der Waals surface area contributed by atoms with Crippen molar-refractivity contribution in [2.45, 2.75) is 32.7 Å². The van der Waals surface area contributed by atoms with Crippen LogP contribution in [0.4, 0.5) is 8.78 Å². The van der Waals surface area contributed by atoms with Crippen LogP contribution >= 0.6 is 0 Å². The first-order chi connectivity index (χ1) is 10.1. The minimum absolute atomic E-state index is 0.00170. The van der Waals surface area contributed by atoms with Crippen molar-refractivity contribution in [3.05, 3.63) is 29.6 Å². The van der Waals surface area contributed by atoms with Gasteiger partial charge in [-0.2, -0.15) is 0 Å². The lowest BCUT2D eigenvalue weighted by Gasteiger charge is -2.27. The van der Waals surface area contributed by atoms with Gasteiger partial charge in [0.05, 0.1) is 11.0 Å². The number of halogens is 2. The van der Waals surface area contributed by atoms with Gasteiger partial charge in [-0.3, -0.25) is 4.79 Å². The summed E-state index contributed by atoms with van der Waals surface area (Å²) >= 11 is 0. The third kappa shape index (κ3) is 2.62. The largest absolute Gasteiger partial charge is 0.341 e. The number of amides is 1. The van der Waals surface area contributed by atoms with Crippen molar-refractivity contribution in [1.29, 1.82) is 0 Å². The zero-order chi connectivity index (χ0) is 15.0. The molecule has 1 aromatic heterocycles. The quantitative estimate of drug-likeness (QED) is 0.853. The number of aryl methyl sites for hydroxylation is 1. The highest BCUT2D eigenvalue weighted by Crippen LogP contribution is 2.20. The van der Waals surface area contributed by atoms with E-state index in [2.05, 4.69) is 4.98 Å². The van der Waals surface area contributed by atoms with Crippen LogP contribution < -0.4 is 0 Å². The van der Waals surface area contributed by atoms with Gasteiger partial charge >= 0.3 is 0 Å². The maximum absolute atomic E-state index is 13.4. The Morgan fingerprint density at radius 2 is 1.86 bits per heavy atom. The molecule has 1 aliphatic rings. The smallest absolute Gasteiger partial charge is 0.242 e. The molecular weight excluding hydrogens is 276 g/mol. The number of hydrogen-bond donors (Lipinski definition) is 0. The minimum Gasteiger partial charge on any atom is -0.341 e. The molecule has 1 aliphatic heterocycles. The average molecular weight is 293 g/mol. The molecule has 2 aromatic rings. The van der Waals surface area contributed by atoms with Gasteiger partial charge in [0.25, 0.3) is 0 Å². The number of imidazole rings is 1. The second-order valence-electron chi connectivity index (χ2n) is 5.44. The van der Waals surface area contributed by atoms with Gasteiger partial charge in [0.1, 0.15) is 12.4 Å². The first-order valence-electron chi connectivity index (χ1n) is 7.16. The van der Waals surface area contributed by atoms with Crippen LogP contribution in [0.3, 0.4) is 0 Å². The van der Waals surface area contributed by atoms with Gasteiger partial charge in [0.15, 0.2) is 11.6 Å². The predicted molar refractivity (Wildman–Crippen MR) is 74.8 cm³/mol. The Balaban J connectivity index is 1.91. The fraction of sp³-hybridized carbons (Fsp3) is 0.467. The molecule has 1 aromatic carbocycles. The van der Waals surface area contributed by atoms with E-state index >= 15 is 0 Å². The Kier molecular flexibility index (Phi) is 3.61. The Morgan fingerprint density at radius 1 is 1.19 bits per heavy atom. The van der Waals surface area contributed by atoms with E-state index in [1.165, 1.54) is 0 Å². The number of likely N-dealkylation sites (tertiary alicyclic amines) is 1. The van der Waals surface area contributed by atoms with E-state index in [9.17, 15) is 13.6 Å². The van der Waals surface area contributed by atoms with Gasteiger partial charge in [0.2, 0.25) is 5.91 Å². The standard InChI is InChI=1S/C15H17F2N3O/c1-10-18-13-7-11(16)12(17)8-14(13)20(10)9-15(21)19-5-3-2-4-6-19/h7-8H,2-6,9H2,1H3. The summed E-state index contributed by atoms with van der Waals surface area (Å²) in [5.41, 5.74) is 0.828. The third-order valence-electron chi connectivity index (χ3n) is 3.98. The normalized spacial score (nSPS) is 15.7. The molecule has 0 aliphatic carbocycles. The van der Waals surface area contributed by atoms with Crippen molar-refractivity contribution in [3.8, 4) is 0 Å². The molecule has 0 N–H and O–H groups in total. The maximum Gasteiger partial charge on any atom is 0.242 e. The van der Waals surface area contributed by atoms with E-state index in [0.717, 1.165) is 44.5 Å². The van der Waals surface area contributed by atoms with Crippen LogP contribution in [0.5, 0.6) is 0 Å². The van der Waals surface area contributed by atoms with Crippen LogP contribution in [-0.4, -0.2) is 33.4 Å². The van der Waals surface area contributed by atoms with E-state index < -0.39 is 11.6 Å². The van der Waals surface area contributed by atoms with Crippen LogP contribution in [0.15, 0.2) is 12.1 Å². The van der Waals surface area contributed by atoms with Gasteiger partial charge in [-0.05, 0) is 26.2 Å². The lowest BCUT2D eigenvalue weighted by Crippen LogP contribution is -2.37. The second kappa shape index (κ2) is 5.42. The maximum atomic E-state index is 13.4. The number of piperidine rings is 1. The van der Waals surface area contributed by atoms with Gasteiger partial charge in [-0.25, -0.2) is 13.8 Å². The molecule has 1 saturated heterocycles. The number of hydrogen-bond acceptors (Lipinski definition) is 2. The molecule has 0 saturated carbocycles. The summed E-state index contributed by atoms with van der Waals surface area (Å²) in [6, 6.07) is 2.17. The fourth-order valence-electron chi connectivity index (χ4n) is 2.82. The van der Waals surface area contributed by atoms with Crippen LogP contribution in [-0.2, 0) is 11.3 Å². The number of carbonyl (C=O) groups is 1. The number of benzene rings is 1. The molecule has 3 rings (SSSR count). The van der Waals surface area contributed by atoms with Crippen LogP contribution in [0.1, 0.15) is 25.1 Å². The van der Waals surface area contributed by atoms with Crippen molar-refractivity contribution in [2.24, 2.45) is 0 Å². The van der Waals surface area contributed by atoms with E-state index in [-0.39, 0.29) is 12.5 Å². The number of rotatable bonds is 2. The molecule has 0 bridgehead atoms. The zero-order valence-electron chi connectivity index (χ0n) is 11.9. The number of fused-ring (bicyclic) bond motifs is 1. The summed E-state index contributed by atoms with van der Waals surface area (Å²) in [6.07, 6.45) is 3.20. The minimum atomic E-state index is -0.922. The molecule has 112 valence electrons. The molecule has 21 heavy (non-hydrogen) atoms. The highest BCUT2D eigenvalue weighted by molar-refractivity contribution is 5.81. The van der Waals surface area contributed by atoms with Crippen molar-refractivity contribution in [3.63, 3.8) is 0 Å². The lowest BCUT2D eigenvalue weighted by molar-refractivity contribution is -0.132. The molecule has 1 fully saturated rings. The van der Waals surface area contributed by atoms with Crippen molar-refractivity contribution >= 4 is 16.9 Å². The molecule has 0 unspecified atom stereocenters. The molecule has 6 heteroatoms. The Hall–Kier alpha value is -1.98. The number of aromatic nitrogens is 2. The predicted octanol–water partition coefficient (Wildman–Crippen LogP) is 2.64. The molecule has 2 heterocycles.